The second-order valence-electron chi connectivity index (χ2n) is 4.34. The number of nitrogens with zero attached hydrogens (tertiary/aromatic N) is 3. The van der Waals surface area contributed by atoms with Gasteiger partial charge in [-0.2, -0.15) is 5.10 Å². The van der Waals surface area contributed by atoms with Crippen LogP contribution in [0, 0.1) is 5.92 Å². The molecule has 1 fully saturated rings. The summed E-state index contributed by atoms with van der Waals surface area (Å²) in [5, 5.41) is 13.3. The monoisotopic (exact) mass is 246 g/mol. The Morgan fingerprint density at radius 3 is 3.17 bits per heavy atom. The maximum absolute atomic E-state index is 9.18. The van der Waals surface area contributed by atoms with Gasteiger partial charge in [0, 0.05) is 18.3 Å². The highest BCUT2D eigenvalue weighted by Crippen LogP contribution is 2.27. The highest BCUT2D eigenvalue weighted by Gasteiger charge is 2.20. The topological polar surface area (TPSA) is 98.2 Å². The van der Waals surface area contributed by atoms with Gasteiger partial charge in [-0.25, -0.2) is 9.97 Å². The highest BCUT2D eigenvalue weighted by molar-refractivity contribution is 6.06. The van der Waals surface area contributed by atoms with Crippen molar-refractivity contribution in [2.45, 2.75) is 12.8 Å². The number of hydroxylamine groups is 1. The average Bonchev–Trinajstić information content (AvgIpc) is 3.09. The smallest absolute Gasteiger partial charge is 0.178 e. The minimum atomic E-state index is 0.354. The first kappa shape index (κ1) is 11.0. The molecule has 0 spiro atoms. The number of hydrazone groups is 1. The van der Waals surface area contributed by atoms with E-state index in [1.807, 2.05) is 0 Å². The Labute approximate surface area is 103 Å². The number of nitrogens with one attached hydrogen (secondary N) is 3. The molecule has 1 saturated carbocycles. The van der Waals surface area contributed by atoms with E-state index in [9.17, 15) is 5.21 Å². The Hall–Kier alpha value is -2.15. The molecule has 4 N–H and O–H groups in total. The maximum Gasteiger partial charge on any atom is 0.178 e. The van der Waals surface area contributed by atoms with Crippen molar-refractivity contribution in [3.05, 3.63) is 24.2 Å². The third-order valence-electron chi connectivity index (χ3n) is 2.96. The Morgan fingerprint density at radius 1 is 1.50 bits per heavy atom. The van der Waals surface area contributed by atoms with Crippen molar-refractivity contribution < 1.29 is 5.21 Å². The molecule has 2 heterocycles. The van der Waals surface area contributed by atoms with Crippen LogP contribution in [0.5, 0.6) is 0 Å². The predicted octanol–water partition coefficient (Wildman–Crippen LogP) is 0.598. The molecule has 7 nitrogen and oxygen atoms in total. The Bertz CT molecular complexity index is 574. The molecule has 0 aliphatic heterocycles. The summed E-state index contributed by atoms with van der Waals surface area (Å²) in [5.74, 6) is 1.07. The molecule has 18 heavy (non-hydrogen) atoms. The lowest BCUT2D eigenvalue weighted by molar-refractivity contribution is 0.234. The highest BCUT2D eigenvalue weighted by atomic mass is 16.5. The molecule has 0 radical (unpaired) electrons. The number of imidazole rings is 1. The van der Waals surface area contributed by atoms with E-state index in [-0.39, 0.29) is 0 Å². The zero-order valence-corrected chi connectivity index (χ0v) is 9.72. The lowest BCUT2D eigenvalue weighted by atomic mass is 10.2. The molecule has 0 aromatic carbocycles. The number of aromatic amines is 1. The van der Waals surface area contributed by atoms with Gasteiger partial charge < -0.3 is 10.4 Å². The molecule has 94 valence electrons. The molecule has 2 aromatic rings. The number of hydrogen-bond donors (Lipinski definition) is 4. The summed E-state index contributed by atoms with van der Waals surface area (Å²) < 4.78 is 0. The van der Waals surface area contributed by atoms with Crippen LogP contribution in [0.2, 0.25) is 0 Å². The van der Waals surface area contributed by atoms with Crippen molar-refractivity contribution in [3.8, 4) is 0 Å². The number of hydrogen-bond acceptors (Lipinski definition) is 5. The van der Waals surface area contributed by atoms with E-state index in [1.165, 1.54) is 12.8 Å². The minimum absolute atomic E-state index is 0.354. The van der Waals surface area contributed by atoms with E-state index in [4.69, 9.17) is 0 Å². The van der Waals surface area contributed by atoms with Gasteiger partial charge in [0.25, 0.3) is 0 Å². The van der Waals surface area contributed by atoms with Gasteiger partial charge in [0.15, 0.2) is 11.5 Å². The molecule has 0 amide bonds. The molecule has 0 unspecified atom stereocenters. The minimum Gasteiger partial charge on any atom is -0.343 e. The summed E-state index contributed by atoms with van der Waals surface area (Å²) in [6.45, 7) is 0.836. The van der Waals surface area contributed by atoms with Crippen LogP contribution in [-0.2, 0) is 0 Å². The molecule has 0 atom stereocenters. The zero-order valence-electron chi connectivity index (χ0n) is 9.72. The first-order chi connectivity index (χ1) is 8.88. The molecule has 0 bridgehead atoms. The van der Waals surface area contributed by atoms with E-state index in [0.29, 0.717) is 11.5 Å². The number of H-pyrrole nitrogens is 1. The van der Waals surface area contributed by atoms with Gasteiger partial charge in [-0.15, -0.1) is 0 Å². The van der Waals surface area contributed by atoms with E-state index in [2.05, 4.69) is 31.0 Å². The molecule has 1 aliphatic rings. The van der Waals surface area contributed by atoms with Gasteiger partial charge in [-0.05, 0) is 24.8 Å². The standard InChI is InChI=1S/C11H14N6O/c18-17-10(16-15-5-7-1-2-7)8-3-4-12-11-9(8)13-6-14-11/h3-4,6-7,15,18H,1-2,5H2,(H,16,17)(H,12,13,14). The van der Waals surface area contributed by atoms with Crippen LogP contribution < -0.4 is 10.9 Å². The van der Waals surface area contributed by atoms with Crippen LogP contribution in [0.4, 0.5) is 0 Å². The molecule has 0 saturated heterocycles. The van der Waals surface area contributed by atoms with E-state index in [1.54, 1.807) is 18.6 Å². The van der Waals surface area contributed by atoms with Crippen molar-refractivity contribution in [1.29, 1.82) is 0 Å². The second kappa shape index (κ2) is 4.61. The predicted molar refractivity (Wildman–Crippen MR) is 66.1 cm³/mol. The summed E-state index contributed by atoms with van der Waals surface area (Å²) in [6, 6.07) is 1.77. The van der Waals surface area contributed by atoms with Crippen molar-refractivity contribution in [2.75, 3.05) is 6.54 Å². The van der Waals surface area contributed by atoms with Crippen molar-refractivity contribution >= 4 is 17.0 Å². The van der Waals surface area contributed by atoms with Crippen molar-refractivity contribution in [2.24, 2.45) is 11.0 Å². The molecular weight excluding hydrogens is 232 g/mol. The SMILES string of the molecule is ONC(=NNCC1CC1)c1ccnc2nc[nH]c12. The quantitative estimate of drug-likeness (QED) is 0.360. The van der Waals surface area contributed by atoms with Crippen molar-refractivity contribution in [3.63, 3.8) is 0 Å². The van der Waals surface area contributed by atoms with Crippen LogP contribution in [-0.4, -0.2) is 32.5 Å². The number of amidine groups is 1. The van der Waals surface area contributed by atoms with Crippen LogP contribution in [0.1, 0.15) is 18.4 Å². The van der Waals surface area contributed by atoms with Gasteiger partial charge in [-0.1, -0.05) is 0 Å². The van der Waals surface area contributed by atoms with Gasteiger partial charge >= 0.3 is 0 Å². The Balaban J connectivity index is 1.86. The van der Waals surface area contributed by atoms with Gasteiger partial charge in [0.2, 0.25) is 0 Å². The van der Waals surface area contributed by atoms with E-state index in [0.717, 1.165) is 23.5 Å². The second-order valence-corrected chi connectivity index (χ2v) is 4.34. The van der Waals surface area contributed by atoms with Gasteiger partial charge in [0.1, 0.15) is 0 Å². The largest absolute Gasteiger partial charge is 0.343 e. The van der Waals surface area contributed by atoms with Crippen LogP contribution in [0.25, 0.3) is 11.2 Å². The number of pyridine rings is 1. The summed E-state index contributed by atoms with van der Waals surface area (Å²) >= 11 is 0. The average molecular weight is 246 g/mol. The van der Waals surface area contributed by atoms with Crippen molar-refractivity contribution in [1.82, 2.24) is 25.9 Å². The first-order valence-corrected chi connectivity index (χ1v) is 5.87. The maximum atomic E-state index is 9.18. The fourth-order valence-corrected chi connectivity index (χ4v) is 1.77. The van der Waals surface area contributed by atoms with E-state index < -0.39 is 0 Å². The lowest BCUT2D eigenvalue weighted by Gasteiger charge is -2.06. The fourth-order valence-electron chi connectivity index (χ4n) is 1.77. The van der Waals surface area contributed by atoms with Crippen LogP contribution >= 0.6 is 0 Å². The Morgan fingerprint density at radius 2 is 2.39 bits per heavy atom. The first-order valence-electron chi connectivity index (χ1n) is 5.87. The van der Waals surface area contributed by atoms with Crippen LogP contribution in [0.3, 0.4) is 0 Å². The third kappa shape index (κ3) is 2.12. The molecule has 1 aliphatic carbocycles. The normalized spacial score (nSPS) is 15.9. The summed E-state index contributed by atoms with van der Waals surface area (Å²) in [4.78, 5) is 11.2. The van der Waals surface area contributed by atoms with E-state index >= 15 is 0 Å². The molecular formula is C11H14N6O. The van der Waals surface area contributed by atoms with Gasteiger partial charge in [0.05, 0.1) is 11.8 Å². The summed E-state index contributed by atoms with van der Waals surface area (Å²) in [5.41, 5.74) is 7.13. The fraction of sp³-hybridized carbons (Fsp3) is 0.364. The lowest BCUT2D eigenvalue weighted by Crippen LogP contribution is -2.25. The molecule has 7 heteroatoms. The van der Waals surface area contributed by atoms with Crippen LogP contribution in [0.15, 0.2) is 23.7 Å². The summed E-state index contributed by atoms with van der Waals surface area (Å²) in [7, 11) is 0. The third-order valence-corrected chi connectivity index (χ3v) is 2.96. The van der Waals surface area contributed by atoms with Gasteiger partial charge in [-0.3, -0.25) is 10.7 Å². The molecule has 2 aromatic heterocycles. The Kier molecular flexibility index (Phi) is 2.81. The summed E-state index contributed by atoms with van der Waals surface area (Å²) in [6.07, 6.45) is 5.70. The number of rotatable bonds is 4. The number of aromatic nitrogens is 3. The molecule has 3 rings (SSSR count). The zero-order chi connectivity index (χ0) is 12.4. The number of fused-ring (bicyclic) bond motifs is 1.